The lowest BCUT2D eigenvalue weighted by Crippen LogP contribution is -2.20. The van der Waals surface area contributed by atoms with Crippen molar-refractivity contribution in [3.8, 4) is 0 Å². The quantitative estimate of drug-likeness (QED) is 0.227. The van der Waals surface area contributed by atoms with E-state index in [1.54, 1.807) is 36.4 Å². The molecule has 0 bridgehead atoms. The fourth-order valence-corrected chi connectivity index (χ4v) is 4.12. The van der Waals surface area contributed by atoms with Gasteiger partial charge in [-0.15, -0.1) is 0 Å². The van der Waals surface area contributed by atoms with Gasteiger partial charge in [-0.2, -0.15) is 0 Å². The average molecular weight is 454 g/mol. The van der Waals surface area contributed by atoms with Gasteiger partial charge in [0.05, 0.1) is 16.4 Å². The molecule has 0 aliphatic carbocycles. The van der Waals surface area contributed by atoms with Crippen LogP contribution >= 0.6 is 0 Å². The highest BCUT2D eigenvalue weighted by atomic mass is 32.2. The Morgan fingerprint density at radius 2 is 1.44 bits per heavy atom. The molecule has 0 fully saturated rings. The van der Waals surface area contributed by atoms with Crippen molar-refractivity contribution in [1.82, 2.24) is 0 Å². The molecule has 10 heteroatoms. The summed E-state index contributed by atoms with van der Waals surface area (Å²) in [5.74, 6) is -0.109. The van der Waals surface area contributed by atoms with Crippen LogP contribution in [0.4, 0.5) is 21.9 Å². The smallest absolute Gasteiger partial charge is 0.323 e. The molecule has 0 spiro atoms. The van der Waals surface area contributed by atoms with Crippen LogP contribution in [0.5, 0.6) is 0 Å². The molecule has 3 rings (SSSR count). The predicted octanol–water partition coefficient (Wildman–Crippen LogP) is 2.85. The Kier molecular flexibility index (Phi) is 7.08. The van der Waals surface area contributed by atoms with Crippen molar-refractivity contribution in [2.75, 3.05) is 29.1 Å². The van der Waals surface area contributed by atoms with Crippen LogP contribution in [0.3, 0.4) is 0 Å². The first-order chi connectivity index (χ1) is 15.3. The van der Waals surface area contributed by atoms with Crippen molar-refractivity contribution in [3.05, 3.63) is 78.4 Å². The molecular weight excluding hydrogens is 430 g/mol. The van der Waals surface area contributed by atoms with Crippen LogP contribution in [0.1, 0.15) is 5.56 Å². The maximum absolute atomic E-state index is 12.8. The molecule has 0 unspecified atom stereocenters. The zero-order chi connectivity index (χ0) is 23.1. The number of hydrogen-bond donors (Lipinski definition) is 6. The number of carbonyl (C=O) groups excluding carboxylic acids is 1. The van der Waals surface area contributed by atoms with Crippen molar-refractivity contribution in [2.45, 2.75) is 9.79 Å². The van der Waals surface area contributed by atoms with Crippen LogP contribution in [0.25, 0.3) is 0 Å². The Labute approximate surface area is 185 Å². The number of nitrogens with two attached hydrogens (primary N) is 1. The highest BCUT2D eigenvalue weighted by Gasteiger charge is 2.17. The van der Waals surface area contributed by atoms with Gasteiger partial charge in [0.2, 0.25) is 9.84 Å². The molecule has 3 aromatic carbocycles. The number of carbonyl (C=O) groups is 1. The summed E-state index contributed by atoms with van der Waals surface area (Å²) < 4.78 is 25.7. The highest BCUT2D eigenvalue weighted by molar-refractivity contribution is 7.91. The predicted molar refractivity (Wildman–Crippen MR) is 124 cm³/mol. The minimum atomic E-state index is -3.72. The molecule has 0 saturated heterocycles. The first kappa shape index (κ1) is 22.8. The molecule has 0 atom stereocenters. The maximum atomic E-state index is 12.8. The van der Waals surface area contributed by atoms with E-state index < -0.39 is 15.9 Å². The topological polar surface area (TPSA) is 157 Å². The number of nitrogens with one attached hydrogen (secondary N) is 4. The van der Waals surface area contributed by atoms with Crippen molar-refractivity contribution >= 4 is 38.8 Å². The van der Waals surface area contributed by atoms with Gasteiger partial charge in [0, 0.05) is 29.2 Å². The molecule has 0 radical (unpaired) electrons. The number of amides is 2. The van der Waals surface area contributed by atoms with Crippen molar-refractivity contribution in [1.29, 1.82) is 5.41 Å². The van der Waals surface area contributed by atoms with E-state index in [2.05, 4.69) is 16.0 Å². The summed E-state index contributed by atoms with van der Waals surface area (Å²) in [6, 6.07) is 18.1. The minimum Gasteiger partial charge on any atom is -0.395 e. The molecular formula is C22H23N5O4S. The van der Waals surface area contributed by atoms with Crippen LogP contribution in [0.2, 0.25) is 0 Å². The number of nitrogen functional groups attached to an aromatic ring is 1. The van der Waals surface area contributed by atoms with Crippen molar-refractivity contribution in [2.24, 2.45) is 5.73 Å². The lowest BCUT2D eigenvalue weighted by Gasteiger charge is -2.10. The summed E-state index contributed by atoms with van der Waals surface area (Å²) in [4.78, 5) is 12.5. The molecule has 0 aromatic heterocycles. The van der Waals surface area contributed by atoms with Crippen LogP contribution in [-0.2, 0) is 9.84 Å². The maximum Gasteiger partial charge on any atom is 0.323 e. The van der Waals surface area contributed by atoms with Crippen LogP contribution < -0.4 is 21.7 Å². The molecule has 7 N–H and O–H groups in total. The largest absolute Gasteiger partial charge is 0.395 e. The molecule has 166 valence electrons. The molecule has 0 aliphatic rings. The Morgan fingerprint density at radius 3 is 2.00 bits per heavy atom. The molecule has 2 amide bonds. The summed E-state index contributed by atoms with van der Waals surface area (Å²) in [6.45, 7) is 0.347. The van der Waals surface area contributed by atoms with Gasteiger partial charge < -0.3 is 26.8 Å². The zero-order valence-corrected chi connectivity index (χ0v) is 17.8. The monoisotopic (exact) mass is 453 g/mol. The normalized spacial score (nSPS) is 10.9. The van der Waals surface area contributed by atoms with E-state index in [-0.39, 0.29) is 22.2 Å². The Balaban J connectivity index is 1.67. The number of hydrogen-bond acceptors (Lipinski definition) is 6. The summed E-state index contributed by atoms with van der Waals surface area (Å²) in [5, 5.41) is 24.5. The SMILES string of the molecule is N=C(N)c1cccc(NC(=O)Nc2ccc(S(=O)(=O)c3ccc(NCCO)cc3)cc2)c1. The summed E-state index contributed by atoms with van der Waals surface area (Å²) in [5.41, 5.74) is 7.51. The van der Waals surface area contributed by atoms with Gasteiger partial charge in [0.15, 0.2) is 0 Å². The van der Waals surface area contributed by atoms with Crippen molar-refractivity contribution < 1.29 is 18.3 Å². The number of sulfone groups is 1. The highest BCUT2D eigenvalue weighted by Crippen LogP contribution is 2.24. The van der Waals surface area contributed by atoms with Crippen molar-refractivity contribution in [3.63, 3.8) is 0 Å². The van der Waals surface area contributed by atoms with Crippen LogP contribution in [-0.4, -0.2) is 38.5 Å². The first-order valence-electron chi connectivity index (χ1n) is 9.62. The first-order valence-corrected chi connectivity index (χ1v) is 11.1. The summed E-state index contributed by atoms with van der Waals surface area (Å²) >= 11 is 0. The molecule has 32 heavy (non-hydrogen) atoms. The van der Waals surface area contributed by atoms with Gasteiger partial charge in [-0.3, -0.25) is 5.41 Å². The fraction of sp³-hybridized carbons (Fsp3) is 0.0909. The Morgan fingerprint density at radius 1 is 0.875 bits per heavy atom. The fourth-order valence-electron chi connectivity index (χ4n) is 2.86. The minimum absolute atomic E-state index is 0.0245. The Bertz CT molecular complexity index is 1210. The van der Waals surface area contributed by atoms with Gasteiger partial charge in [-0.1, -0.05) is 12.1 Å². The number of benzene rings is 3. The number of aliphatic hydroxyl groups excluding tert-OH is 1. The number of amidine groups is 1. The van der Waals surface area contributed by atoms with E-state index in [4.69, 9.17) is 16.2 Å². The van der Waals surface area contributed by atoms with E-state index in [0.29, 0.717) is 29.2 Å². The molecule has 3 aromatic rings. The van der Waals surface area contributed by atoms with Gasteiger partial charge in [0.25, 0.3) is 0 Å². The lowest BCUT2D eigenvalue weighted by atomic mass is 10.2. The van der Waals surface area contributed by atoms with Gasteiger partial charge in [0.1, 0.15) is 5.84 Å². The van der Waals surface area contributed by atoms with E-state index in [9.17, 15) is 13.2 Å². The second-order valence-electron chi connectivity index (χ2n) is 6.78. The third kappa shape index (κ3) is 5.62. The average Bonchev–Trinajstić information content (AvgIpc) is 2.78. The molecule has 0 aliphatic heterocycles. The van der Waals surface area contributed by atoms with Gasteiger partial charge in [-0.05, 0) is 60.7 Å². The van der Waals surface area contributed by atoms with E-state index >= 15 is 0 Å². The van der Waals surface area contributed by atoms with E-state index in [0.717, 1.165) is 0 Å². The molecule has 9 nitrogen and oxygen atoms in total. The van der Waals surface area contributed by atoms with Gasteiger partial charge >= 0.3 is 6.03 Å². The number of urea groups is 1. The second kappa shape index (κ2) is 9.94. The molecule has 0 heterocycles. The second-order valence-corrected chi connectivity index (χ2v) is 8.73. The number of anilines is 3. The standard InChI is InChI=1S/C22H23N5O4S/c23-21(24)15-2-1-3-18(14-15)27-22(29)26-17-6-10-20(11-7-17)32(30,31)19-8-4-16(5-9-19)25-12-13-28/h1-11,14,25,28H,12-13H2,(H3,23,24)(H2,26,27,29). The summed E-state index contributed by atoms with van der Waals surface area (Å²) in [6.07, 6.45) is 0. The zero-order valence-electron chi connectivity index (χ0n) is 17.0. The molecule has 0 saturated carbocycles. The van der Waals surface area contributed by atoms with E-state index in [1.807, 2.05) is 0 Å². The number of aliphatic hydroxyl groups is 1. The van der Waals surface area contributed by atoms with Gasteiger partial charge in [-0.25, -0.2) is 13.2 Å². The third-order valence-corrected chi connectivity index (χ3v) is 6.25. The number of rotatable bonds is 8. The Hall–Kier alpha value is -3.89. The third-order valence-electron chi connectivity index (χ3n) is 4.46. The van der Waals surface area contributed by atoms with Crippen LogP contribution in [0, 0.1) is 5.41 Å². The lowest BCUT2D eigenvalue weighted by molar-refractivity contribution is 0.262. The van der Waals surface area contributed by atoms with E-state index in [1.165, 1.54) is 36.4 Å². The summed E-state index contributed by atoms with van der Waals surface area (Å²) in [7, 11) is -3.72. The van der Waals surface area contributed by atoms with Crippen LogP contribution in [0.15, 0.2) is 82.6 Å².